The summed E-state index contributed by atoms with van der Waals surface area (Å²) >= 11 is 0. The van der Waals surface area contributed by atoms with Crippen LogP contribution >= 0.6 is 0 Å². The third kappa shape index (κ3) is 3.86. The second kappa shape index (κ2) is 7.07. The molecule has 1 atom stereocenters. The zero-order valence-electron chi connectivity index (χ0n) is 10.7. The third-order valence-corrected chi connectivity index (χ3v) is 2.91. The molecule has 1 aromatic rings. The molecule has 1 rings (SSSR count). The second-order valence-electron chi connectivity index (χ2n) is 4.25. The quantitative estimate of drug-likeness (QED) is 0.821. The fraction of sp³-hybridized carbons (Fsp3) is 0.500. The lowest BCUT2D eigenvalue weighted by molar-refractivity contribution is -0.122. The Bertz CT molecular complexity index is 337. The van der Waals surface area contributed by atoms with Crippen LogP contribution in [0.4, 0.5) is 5.69 Å². The summed E-state index contributed by atoms with van der Waals surface area (Å²) < 4.78 is 0. The molecule has 0 aliphatic heterocycles. The molecule has 0 aromatic heterocycles. The Balaban J connectivity index is 2.71. The molecule has 17 heavy (non-hydrogen) atoms. The van der Waals surface area contributed by atoms with Gasteiger partial charge < -0.3 is 10.6 Å². The lowest BCUT2D eigenvalue weighted by Gasteiger charge is -2.24. The number of nitrogens with zero attached hydrogens (tertiary/aromatic N) is 1. The summed E-state index contributed by atoms with van der Waals surface area (Å²) in [6, 6.07) is 9.80. The second-order valence-corrected chi connectivity index (χ2v) is 4.25. The van der Waals surface area contributed by atoms with E-state index in [1.807, 2.05) is 49.1 Å². The molecule has 0 fully saturated rings. The largest absolute Gasteiger partial charge is 0.330 e. The summed E-state index contributed by atoms with van der Waals surface area (Å²) in [5.41, 5.74) is 6.44. The molecule has 0 aliphatic carbocycles. The van der Waals surface area contributed by atoms with Crippen molar-refractivity contribution in [1.82, 2.24) is 0 Å². The van der Waals surface area contributed by atoms with Crippen LogP contribution in [0.3, 0.4) is 0 Å². The van der Waals surface area contributed by atoms with E-state index in [1.54, 1.807) is 0 Å². The van der Waals surface area contributed by atoms with Crippen molar-refractivity contribution >= 4 is 11.6 Å². The lowest BCUT2D eigenvalue weighted by atomic mass is 10.0. The van der Waals surface area contributed by atoms with Crippen molar-refractivity contribution in [1.29, 1.82) is 0 Å². The van der Waals surface area contributed by atoms with Gasteiger partial charge in [0.25, 0.3) is 0 Å². The average molecular weight is 234 g/mol. The summed E-state index contributed by atoms with van der Waals surface area (Å²) in [4.78, 5) is 14.1. The summed E-state index contributed by atoms with van der Waals surface area (Å²) in [7, 11) is 0. The van der Waals surface area contributed by atoms with Gasteiger partial charge in [0.1, 0.15) is 0 Å². The van der Waals surface area contributed by atoms with Gasteiger partial charge in [0.15, 0.2) is 0 Å². The molecule has 0 saturated carbocycles. The van der Waals surface area contributed by atoms with Crippen LogP contribution in [0, 0.1) is 5.92 Å². The van der Waals surface area contributed by atoms with Crippen LogP contribution in [0.25, 0.3) is 0 Å². The molecule has 3 nitrogen and oxygen atoms in total. The van der Waals surface area contributed by atoms with Crippen molar-refractivity contribution in [3.05, 3.63) is 30.3 Å². The summed E-state index contributed by atoms with van der Waals surface area (Å²) in [6.45, 7) is 5.33. The number of hydrogen-bond acceptors (Lipinski definition) is 2. The number of amides is 1. The molecule has 0 saturated heterocycles. The number of benzene rings is 1. The van der Waals surface area contributed by atoms with Gasteiger partial charge >= 0.3 is 0 Å². The van der Waals surface area contributed by atoms with Gasteiger partial charge in [-0.25, -0.2) is 0 Å². The Kier molecular flexibility index (Phi) is 5.70. The minimum atomic E-state index is 0.0405. The van der Waals surface area contributed by atoms with Crippen LogP contribution in [0.15, 0.2) is 30.3 Å². The highest BCUT2D eigenvalue weighted by Gasteiger charge is 2.19. The predicted molar refractivity (Wildman–Crippen MR) is 71.9 cm³/mol. The van der Waals surface area contributed by atoms with Crippen molar-refractivity contribution in [3.8, 4) is 0 Å². The van der Waals surface area contributed by atoms with Crippen molar-refractivity contribution in [2.75, 3.05) is 18.0 Å². The molecule has 0 spiro atoms. The van der Waals surface area contributed by atoms with Crippen LogP contribution in [-0.2, 0) is 4.79 Å². The molecule has 0 heterocycles. The molecule has 1 amide bonds. The molecular weight excluding hydrogens is 212 g/mol. The molecule has 1 unspecified atom stereocenters. The monoisotopic (exact) mass is 234 g/mol. The molecule has 0 bridgehead atoms. The first-order valence-corrected chi connectivity index (χ1v) is 6.27. The van der Waals surface area contributed by atoms with E-state index in [0.29, 0.717) is 13.1 Å². The lowest BCUT2D eigenvalue weighted by Crippen LogP contribution is -2.35. The number of carbonyl (C=O) groups is 1. The van der Waals surface area contributed by atoms with Crippen LogP contribution in [0.1, 0.15) is 26.7 Å². The fourth-order valence-corrected chi connectivity index (χ4v) is 1.89. The third-order valence-electron chi connectivity index (χ3n) is 2.91. The highest BCUT2D eigenvalue weighted by Crippen LogP contribution is 2.18. The number of hydrogen-bond donors (Lipinski definition) is 1. The van der Waals surface area contributed by atoms with E-state index in [0.717, 1.165) is 18.5 Å². The zero-order valence-corrected chi connectivity index (χ0v) is 10.7. The standard InChI is InChI=1S/C14H22N2O/c1-3-16(13-9-5-4-6-10-13)14(17)12(2)8-7-11-15/h4-6,9-10,12H,3,7-8,11,15H2,1-2H3. The van der Waals surface area contributed by atoms with E-state index in [9.17, 15) is 4.79 Å². The van der Waals surface area contributed by atoms with Crippen molar-refractivity contribution < 1.29 is 4.79 Å². The summed E-state index contributed by atoms with van der Waals surface area (Å²) in [5, 5.41) is 0. The summed E-state index contributed by atoms with van der Waals surface area (Å²) in [5.74, 6) is 0.228. The molecular formula is C14H22N2O. The van der Waals surface area contributed by atoms with E-state index >= 15 is 0 Å². The van der Waals surface area contributed by atoms with Crippen LogP contribution in [0.2, 0.25) is 0 Å². The smallest absolute Gasteiger partial charge is 0.229 e. The van der Waals surface area contributed by atoms with Gasteiger partial charge in [0, 0.05) is 18.2 Å². The normalized spacial score (nSPS) is 12.2. The molecule has 3 heteroatoms. The number of para-hydroxylation sites is 1. The first-order valence-electron chi connectivity index (χ1n) is 6.27. The minimum Gasteiger partial charge on any atom is -0.330 e. The Labute approximate surface area is 104 Å². The van der Waals surface area contributed by atoms with Gasteiger partial charge in [-0.05, 0) is 38.4 Å². The Morgan fingerprint density at radius 1 is 1.35 bits per heavy atom. The summed E-state index contributed by atoms with van der Waals surface area (Å²) in [6.07, 6.45) is 1.76. The van der Waals surface area contributed by atoms with E-state index < -0.39 is 0 Å². The molecule has 2 N–H and O–H groups in total. The van der Waals surface area contributed by atoms with Crippen LogP contribution in [0.5, 0.6) is 0 Å². The Hall–Kier alpha value is -1.35. The van der Waals surface area contributed by atoms with E-state index in [-0.39, 0.29) is 11.8 Å². The van der Waals surface area contributed by atoms with Gasteiger partial charge in [-0.2, -0.15) is 0 Å². The predicted octanol–water partition coefficient (Wildman–Crippen LogP) is 2.41. The fourth-order valence-electron chi connectivity index (χ4n) is 1.89. The first kappa shape index (κ1) is 13.7. The van der Waals surface area contributed by atoms with E-state index in [4.69, 9.17) is 5.73 Å². The molecule has 1 aromatic carbocycles. The van der Waals surface area contributed by atoms with Gasteiger partial charge in [0.05, 0.1) is 0 Å². The maximum Gasteiger partial charge on any atom is 0.229 e. The maximum atomic E-state index is 12.3. The first-order chi connectivity index (χ1) is 8.20. The number of carbonyl (C=O) groups excluding carboxylic acids is 1. The van der Waals surface area contributed by atoms with E-state index in [2.05, 4.69) is 0 Å². The Morgan fingerprint density at radius 2 is 2.00 bits per heavy atom. The number of nitrogens with two attached hydrogens (primary N) is 1. The van der Waals surface area contributed by atoms with Gasteiger partial charge in [-0.3, -0.25) is 4.79 Å². The van der Waals surface area contributed by atoms with Gasteiger partial charge in [-0.15, -0.1) is 0 Å². The van der Waals surface area contributed by atoms with Crippen molar-refractivity contribution in [2.24, 2.45) is 11.7 Å². The number of anilines is 1. The highest BCUT2D eigenvalue weighted by atomic mass is 16.2. The van der Waals surface area contributed by atoms with Crippen LogP contribution < -0.4 is 10.6 Å². The number of rotatable bonds is 6. The van der Waals surface area contributed by atoms with Crippen molar-refractivity contribution in [3.63, 3.8) is 0 Å². The molecule has 94 valence electrons. The van der Waals surface area contributed by atoms with Crippen molar-refractivity contribution in [2.45, 2.75) is 26.7 Å². The maximum absolute atomic E-state index is 12.3. The van der Waals surface area contributed by atoms with E-state index in [1.165, 1.54) is 0 Å². The average Bonchev–Trinajstić information content (AvgIpc) is 2.38. The SMILES string of the molecule is CCN(C(=O)C(C)CCCN)c1ccccc1. The minimum absolute atomic E-state index is 0.0405. The zero-order chi connectivity index (χ0) is 12.7. The van der Waals surface area contributed by atoms with Crippen LogP contribution in [-0.4, -0.2) is 19.0 Å². The Morgan fingerprint density at radius 3 is 2.53 bits per heavy atom. The van der Waals surface area contributed by atoms with Gasteiger partial charge in [-0.1, -0.05) is 25.1 Å². The molecule has 0 aliphatic rings. The van der Waals surface area contributed by atoms with Gasteiger partial charge in [0.2, 0.25) is 5.91 Å². The topological polar surface area (TPSA) is 46.3 Å². The highest BCUT2D eigenvalue weighted by molar-refractivity contribution is 5.94. The molecule has 0 radical (unpaired) electrons.